The fourth-order valence-electron chi connectivity index (χ4n) is 3.58. The first-order valence-electron chi connectivity index (χ1n) is 10.2. The molecule has 1 N–H and O–H groups in total. The van der Waals surface area contributed by atoms with Gasteiger partial charge in [-0.15, -0.1) is 0 Å². The second-order valence-corrected chi connectivity index (χ2v) is 9.63. The van der Waals surface area contributed by atoms with E-state index in [0.29, 0.717) is 5.69 Å². The van der Waals surface area contributed by atoms with Crippen LogP contribution in [-0.2, 0) is 14.8 Å². The third-order valence-corrected chi connectivity index (χ3v) is 6.63. The SMILES string of the molecule is Cc1ccc(N([C@H](C)C(=O)NC(c2ccccc2)c2ccccc2)S(C)(=O)=O)cc1C. The van der Waals surface area contributed by atoms with Gasteiger partial charge in [-0.2, -0.15) is 0 Å². The number of carbonyl (C=O) groups is 1. The van der Waals surface area contributed by atoms with E-state index in [-0.39, 0.29) is 5.91 Å². The minimum Gasteiger partial charge on any atom is -0.343 e. The molecule has 6 heteroatoms. The number of benzene rings is 3. The van der Waals surface area contributed by atoms with Gasteiger partial charge in [0.25, 0.3) is 0 Å². The van der Waals surface area contributed by atoms with E-state index in [1.165, 1.54) is 4.31 Å². The zero-order valence-corrected chi connectivity index (χ0v) is 19.1. The maximum atomic E-state index is 13.3. The lowest BCUT2D eigenvalue weighted by molar-refractivity contribution is -0.122. The Morgan fingerprint density at radius 3 is 1.81 bits per heavy atom. The molecule has 0 aromatic heterocycles. The molecule has 3 rings (SSSR count). The Bertz CT molecular complexity index is 1110. The van der Waals surface area contributed by atoms with Crippen LogP contribution in [0, 0.1) is 13.8 Å². The maximum absolute atomic E-state index is 13.3. The Labute approximate surface area is 184 Å². The van der Waals surface area contributed by atoms with Crippen molar-refractivity contribution < 1.29 is 13.2 Å². The molecule has 0 radical (unpaired) electrons. The summed E-state index contributed by atoms with van der Waals surface area (Å²) in [6.45, 7) is 5.49. The molecule has 0 bridgehead atoms. The van der Waals surface area contributed by atoms with Crippen molar-refractivity contribution in [1.82, 2.24) is 5.32 Å². The first kappa shape index (κ1) is 22.6. The molecule has 0 fully saturated rings. The van der Waals surface area contributed by atoms with Gasteiger partial charge < -0.3 is 5.32 Å². The minimum absolute atomic E-state index is 0.374. The molecule has 0 saturated carbocycles. The normalized spacial score (nSPS) is 12.4. The van der Waals surface area contributed by atoms with Gasteiger partial charge in [0.2, 0.25) is 15.9 Å². The molecule has 0 aliphatic rings. The van der Waals surface area contributed by atoms with Crippen molar-refractivity contribution in [1.29, 1.82) is 0 Å². The quantitative estimate of drug-likeness (QED) is 0.598. The molecule has 0 aliphatic carbocycles. The van der Waals surface area contributed by atoms with Crippen LogP contribution in [-0.4, -0.2) is 26.6 Å². The molecular weight excluding hydrogens is 408 g/mol. The zero-order chi connectivity index (χ0) is 22.6. The van der Waals surface area contributed by atoms with E-state index in [1.807, 2.05) is 80.6 Å². The fraction of sp³-hybridized carbons (Fsp3) is 0.240. The molecule has 5 nitrogen and oxygen atoms in total. The lowest BCUT2D eigenvalue weighted by Crippen LogP contribution is -2.48. The number of nitrogens with one attached hydrogen (secondary N) is 1. The number of hydrogen-bond donors (Lipinski definition) is 1. The average Bonchev–Trinajstić information content (AvgIpc) is 2.74. The van der Waals surface area contributed by atoms with Gasteiger partial charge in [0.05, 0.1) is 18.0 Å². The number of amides is 1. The van der Waals surface area contributed by atoms with Crippen LogP contribution < -0.4 is 9.62 Å². The number of anilines is 1. The van der Waals surface area contributed by atoms with E-state index < -0.39 is 22.1 Å². The molecule has 31 heavy (non-hydrogen) atoms. The Balaban J connectivity index is 1.95. The largest absolute Gasteiger partial charge is 0.343 e. The van der Waals surface area contributed by atoms with Crippen LogP contribution in [0.15, 0.2) is 78.9 Å². The Hall–Kier alpha value is -3.12. The highest BCUT2D eigenvalue weighted by Gasteiger charge is 2.31. The van der Waals surface area contributed by atoms with E-state index in [0.717, 1.165) is 28.5 Å². The Morgan fingerprint density at radius 1 is 0.839 bits per heavy atom. The molecule has 162 valence electrons. The van der Waals surface area contributed by atoms with Crippen LogP contribution in [0.4, 0.5) is 5.69 Å². The van der Waals surface area contributed by atoms with Crippen molar-refractivity contribution in [3.63, 3.8) is 0 Å². The van der Waals surface area contributed by atoms with Gasteiger partial charge in [0.15, 0.2) is 0 Å². The van der Waals surface area contributed by atoms with Crippen molar-refractivity contribution in [3.05, 3.63) is 101 Å². The monoisotopic (exact) mass is 436 g/mol. The summed E-state index contributed by atoms with van der Waals surface area (Å²) < 4.78 is 26.5. The van der Waals surface area contributed by atoms with E-state index in [9.17, 15) is 13.2 Å². The average molecular weight is 437 g/mol. The molecule has 0 saturated heterocycles. The summed E-state index contributed by atoms with van der Waals surface area (Å²) in [6.07, 6.45) is 1.12. The second kappa shape index (κ2) is 9.35. The number of hydrogen-bond acceptors (Lipinski definition) is 3. The van der Waals surface area contributed by atoms with Crippen LogP contribution in [0.5, 0.6) is 0 Å². The first-order chi connectivity index (χ1) is 14.7. The fourth-order valence-corrected chi connectivity index (χ4v) is 4.75. The van der Waals surface area contributed by atoms with Gasteiger partial charge in [-0.3, -0.25) is 9.10 Å². The summed E-state index contributed by atoms with van der Waals surface area (Å²) in [4.78, 5) is 13.3. The van der Waals surface area contributed by atoms with Gasteiger partial charge in [0, 0.05) is 0 Å². The van der Waals surface area contributed by atoms with E-state index >= 15 is 0 Å². The third-order valence-electron chi connectivity index (χ3n) is 5.39. The second-order valence-electron chi connectivity index (χ2n) is 7.77. The summed E-state index contributed by atoms with van der Waals surface area (Å²) in [6, 6.07) is 23.4. The number of carbonyl (C=O) groups excluding carboxylic acids is 1. The highest BCUT2D eigenvalue weighted by molar-refractivity contribution is 7.92. The van der Waals surface area contributed by atoms with Crippen molar-refractivity contribution in [2.24, 2.45) is 0 Å². The molecule has 1 atom stereocenters. The lowest BCUT2D eigenvalue weighted by Gasteiger charge is -2.30. The predicted octanol–water partition coefficient (Wildman–Crippen LogP) is 4.36. The van der Waals surface area contributed by atoms with Crippen LogP contribution in [0.1, 0.15) is 35.2 Å². The summed E-state index contributed by atoms with van der Waals surface area (Å²) in [7, 11) is -3.68. The molecule has 0 aliphatic heterocycles. The maximum Gasteiger partial charge on any atom is 0.244 e. The van der Waals surface area contributed by atoms with Crippen molar-refractivity contribution in [2.45, 2.75) is 32.9 Å². The molecule has 0 spiro atoms. The van der Waals surface area contributed by atoms with E-state index in [2.05, 4.69) is 5.32 Å². The summed E-state index contributed by atoms with van der Waals surface area (Å²) in [5, 5.41) is 3.05. The van der Waals surface area contributed by atoms with Gasteiger partial charge >= 0.3 is 0 Å². The number of aryl methyl sites for hydroxylation is 2. The minimum atomic E-state index is -3.68. The van der Waals surface area contributed by atoms with Crippen LogP contribution in [0.3, 0.4) is 0 Å². The molecule has 0 unspecified atom stereocenters. The highest BCUT2D eigenvalue weighted by atomic mass is 32.2. The molecular formula is C25H28N2O3S. The van der Waals surface area contributed by atoms with Gasteiger partial charge in [-0.25, -0.2) is 8.42 Å². The predicted molar refractivity (Wildman–Crippen MR) is 126 cm³/mol. The van der Waals surface area contributed by atoms with Gasteiger partial charge in [0.1, 0.15) is 6.04 Å². The van der Waals surface area contributed by atoms with E-state index in [1.54, 1.807) is 19.1 Å². The van der Waals surface area contributed by atoms with Crippen molar-refractivity contribution in [3.8, 4) is 0 Å². The van der Waals surface area contributed by atoms with Gasteiger partial charge in [-0.1, -0.05) is 66.7 Å². The van der Waals surface area contributed by atoms with Crippen LogP contribution in [0.25, 0.3) is 0 Å². The summed E-state index contributed by atoms with van der Waals surface area (Å²) in [5.74, 6) is -0.374. The Morgan fingerprint density at radius 2 is 1.35 bits per heavy atom. The molecule has 3 aromatic rings. The highest BCUT2D eigenvalue weighted by Crippen LogP contribution is 2.26. The summed E-state index contributed by atoms with van der Waals surface area (Å²) in [5.41, 5.74) is 4.34. The number of sulfonamides is 1. The Kier molecular flexibility index (Phi) is 6.81. The number of rotatable bonds is 7. The number of nitrogens with zero attached hydrogens (tertiary/aromatic N) is 1. The van der Waals surface area contributed by atoms with Crippen molar-refractivity contribution in [2.75, 3.05) is 10.6 Å². The zero-order valence-electron chi connectivity index (χ0n) is 18.2. The summed E-state index contributed by atoms with van der Waals surface area (Å²) >= 11 is 0. The molecule has 3 aromatic carbocycles. The first-order valence-corrected chi connectivity index (χ1v) is 12.0. The van der Waals surface area contributed by atoms with Crippen LogP contribution >= 0.6 is 0 Å². The van der Waals surface area contributed by atoms with Gasteiger partial charge in [-0.05, 0) is 55.2 Å². The van der Waals surface area contributed by atoms with Crippen LogP contribution in [0.2, 0.25) is 0 Å². The smallest absolute Gasteiger partial charge is 0.244 e. The molecule has 1 amide bonds. The standard InChI is InChI=1S/C25H28N2O3S/c1-18-15-16-23(17-19(18)2)27(31(4,29)30)20(3)25(28)26-24(21-11-7-5-8-12-21)22-13-9-6-10-14-22/h5-17,20,24H,1-4H3,(H,26,28)/t20-/m1/s1. The molecule has 0 heterocycles. The third kappa shape index (κ3) is 5.33. The van der Waals surface area contributed by atoms with E-state index in [4.69, 9.17) is 0 Å². The lowest BCUT2D eigenvalue weighted by atomic mass is 9.98. The van der Waals surface area contributed by atoms with Crippen molar-refractivity contribution >= 4 is 21.6 Å². The topological polar surface area (TPSA) is 66.5 Å².